The molecule has 0 saturated carbocycles. The molecular formula is C14H18Cl2N2O3. The summed E-state index contributed by atoms with van der Waals surface area (Å²) in [6.07, 6.45) is 1.50. The van der Waals surface area contributed by atoms with Crippen LogP contribution in [0.1, 0.15) is 19.8 Å². The number of carbonyl (C=O) groups is 1. The van der Waals surface area contributed by atoms with Gasteiger partial charge in [0, 0.05) is 12.3 Å². The van der Waals surface area contributed by atoms with E-state index in [1.54, 1.807) is 19.1 Å². The molecule has 0 radical (unpaired) electrons. The Hall–Kier alpha value is -1.01. The Labute approximate surface area is 133 Å². The molecule has 7 heteroatoms. The monoisotopic (exact) mass is 332 g/mol. The fraction of sp³-hybridized carbons (Fsp3) is 0.500. The number of hydrogen-bond acceptors (Lipinski definition) is 4. The quantitative estimate of drug-likeness (QED) is 0.812. The van der Waals surface area contributed by atoms with Crippen molar-refractivity contribution in [2.24, 2.45) is 0 Å². The van der Waals surface area contributed by atoms with Crippen LogP contribution in [0.2, 0.25) is 10.0 Å². The molecule has 5 nitrogen and oxygen atoms in total. The predicted octanol–water partition coefficient (Wildman–Crippen LogP) is 3.10. The van der Waals surface area contributed by atoms with Gasteiger partial charge in [0.25, 0.3) is 5.91 Å². The summed E-state index contributed by atoms with van der Waals surface area (Å²) in [4.78, 5) is 12.0. The lowest BCUT2D eigenvalue weighted by molar-refractivity contribution is -0.128. The number of hydrogen-bond donors (Lipinski definition) is 2. The molecule has 1 amide bonds. The molecule has 1 saturated heterocycles. The van der Waals surface area contributed by atoms with Gasteiger partial charge in [0.05, 0.1) is 28.4 Å². The Morgan fingerprint density at radius 3 is 2.76 bits per heavy atom. The van der Waals surface area contributed by atoms with E-state index in [9.17, 15) is 4.79 Å². The van der Waals surface area contributed by atoms with E-state index in [4.69, 9.17) is 38.4 Å². The Balaban J connectivity index is 1.88. The van der Waals surface area contributed by atoms with Crippen molar-refractivity contribution >= 4 is 40.5 Å². The van der Waals surface area contributed by atoms with Gasteiger partial charge in [-0.15, -0.1) is 0 Å². The van der Waals surface area contributed by atoms with E-state index in [2.05, 4.69) is 5.32 Å². The summed E-state index contributed by atoms with van der Waals surface area (Å²) in [6, 6.07) is 3.10. The van der Waals surface area contributed by atoms with Crippen molar-refractivity contribution in [1.29, 1.82) is 0 Å². The van der Waals surface area contributed by atoms with Crippen LogP contribution in [0.3, 0.4) is 0 Å². The number of nitrogen functional groups attached to an aromatic ring is 1. The minimum Gasteiger partial charge on any atom is -0.396 e. The van der Waals surface area contributed by atoms with Crippen LogP contribution in [0.5, 0.6) is 0 Å². The summed E-state index contributed by atoms with van der Waals surface area (Å²) in [5.41, 5.74) is 6.42. The lowest BCUT2D eigenvalue weighted by atomic mass is 10.2. The van der Waals surface area contributed by atoms with Crippen molar-refractivity contribution in [2.45, 2.75) is 32.0 Å². The molecule has 2 atom stereocenters. The third-order valence-corrected chi connectivity index (χ3v) is 3.90. The molecule has 0 bridgehead atoms. The summed E-state index contributed by atoms with van der Waals surface area (Å²) in [6.45, 7) is 2.86. The van der Waals surface area contributed by atoms with Crippen molar-refractivity contribution < 1.29 is 14.3 Å². The van der Waals surface area contributed by atoms with E-state index >= 15 is 0 Å². The third kappa shape index (κ3) is 4.48. The van der Waals surface area contributed by atoms with Crippen molar-refractivity contribution in [3.8, 4) is 0 Å². The second kappa shape index (κ2) is 7.31. The maximum absolute atomic E-state index is 12.0. The zero-order valence-corrected chi connectivity index (χ0v) is 13.2. The van der Waals surface area contributed by atoms with Gasteiger partial charge in [0.1, 0.15) is 6.10 Å². The molecule has 2 rings (SSSR count). The first-order valence-corrected chi connectivity index (χ1v) is 7.51. The van der Waals surface area contributed by atoms with Gasteiger partial charge in [0.2, 0.25) is 0 Å². The number of benzene rings is 1. The van der Waals surface area contributed by atoms with Gasteiger partial charge in [-0.1, -0.05) is 23.2 Å². The van der Waals surface area contributed by atoms with Gasteiger partial charge in [-0.3, -0.25) is 4.79 Å². The van der Waals surface area contributed by atoms with Gasteiger partial charge in [-0.25, -0.2) is 0 Å². The van der Waals surface area contributed by atoms with E-state index in [-0.39, 0.29) is 12.0 Å². The fourth-order valence-electron chi connectivity index (χ4n) is 2.00. The lowest BCUT2D eigenvalue weighted by Gasteiger charge is -2.16. The molecule has 0 unspecified atom stereocenters. The largest absolute Gasteiger partial charge is 0.396 e. The zero-order valence-electron chi connectivity index (χ0n) is 11.7. The maximum Gasteiger partial charge on any atom is 0.253 e. The van der Waals surface area contributed by atoms with E-state index in [1.807, 2.05) is 0 Å². The number of nitrogens with two attached hydrogens (primary N) is 1. The van der Waals surface area contributed by atoms with Crippen LogP contribution in [0.4, 0.5) is 11.4 Å². The van der Waals surface area contributed by atoms with Crippen LogP contribution >= 0.6 is 23.2 Å². The molecule has 0 aliphatic carbocycles. The summed E-state index contributed by atoms with van der Waals surface area (Å²) < 4.78 is 11.0. The molecular weight excluding hydrogens is 315 g/mol. The Kier molecular flexibility index (Phi) is 5.70. The Bertz CT molecular complexity index is 496. The molecule has 1 aliphatic heterocycles. The summed E-state index contributed by atoms with van der Waals surface area (Å²) in [7, 11) is 0. The highest BCUT2D eigenvalue weighted by Gasteiger charge is 2.20. The van der Waals surface area contributed by atoms with Crippen molar-refractivity contribution in [3.63, 3.8) is 0 Å². The van der Waals surface area contributed by atoms with Gasteiger partial charge < -0.3 is 20.5 Å². The van der Waals surface area contributed by atoms with Crippen LogP contribution in [0.15, 0.2) is 12.1 Å². The van der Waals surface area contributed by atoms with Crippen molar-refractivity contribution in [1.82, 2.24) is 0 Å². The van der Waals surface area contributed by atoms with Gasteiger partial charge in [-0.05, 0) is 31.9 Å². The molecule has 116 valence electrons. The van der Waals surface area contributed by atoms with E-state index in [0.717, 1.165) is 19.4 Å². The van der Waals surface area contributed by atoms with Crippen molar-refractivity contribution in [2.75, 3.05) is 24.3 Å². The maximum atomic E-state index is 12.0. The number of halogens is 2. The van der Waals surface area contributed by atoms with Crippen LogP contribution in [0, 0.1) is 0 Å². The van der Waals surface area contributed by atoms with E-state index < -0.39 is 6.10 Å². The molecule has 0 spiro atoms. The molecule has 1 aromatic rings. The standard InChI is InChI=1S/C14H18Cl2N2O3/c1-8(21-7-10-3-2-4-20-10)14(19)18-9-5-11(15)13(17)12(16)6-9/h5-6,8,10H,2-4,7,17H2,1H3,(H,18,19)/t8-,10-/m0/s1. The lowest BCUT2D eigenvalue weighted by Crippen LogP contribution is -2.30. The molecule has 3 N–H and O–H groups in total. The second-order valence-electron chi connectivity index (χ2n) is 4.95. The summed E-state index contributed by atoms with van der Waals surface area (Å²) in [5.74, 6) is -0.273. The zero-order chi connectivity index (χ0) is 15.4. The molecule has 1 aromatic carbocycles. The van der Waals surface area contributed by atoms with Gasteiger partial charge >= 0.3 is 0 Å². The first-order chi connectivity index (χ1) is 9.97. The number of amides is 1. The summed E-state index contributed by atoms with van der Waals surface area (Å²) >= 11 is 11.8. The Morgan fingerprint density at radius 1 is 1.52 bits per heavy atom. The molecule has 1 aliphatic rings. The number of anilines is 2. The fourth-order valence-corrected chi connectivity index (χ4v) is 2.49. The number of nitrogens with one attached hydrogen (secondary N) is 1. The van der Waals surface area contributed by atoms with Crippen LogP contribution in [0.25, 0.3) is 0 Å². The third-order valence-electron chi connectivity index (χ3n) is 3.27. The number of rotatable bonds is 5. The smallest absolute Gasteiger partial charge is 0.253 e. The molecule has 21 heavy (non-hydrogen) atoms. The Morgan fingerprint density at radius 2 is 2.19 bits per heavy atom. The topological polar surface area (TPSA) is 73.6 Å². The predicted molar refractivity (Wildman–Crippen MR) is 83.9 cm³/mol. The molecule has 1 heterocycles. The van der Waals surface area contributed by atoms with E-state index in [0.29, 0.717) is 28.0 Å². The SMILES string of the molecule is C[C@H](OC[C@@H]1CCCO1)C(=O)Nc1cc(Cl)c(N)c(Cl)c1. The normalized spacial score (nSPS) is 19.5. The number of carbonyl (C=O) groups excluding carboxylic acids is 1. The van der Waals surface area contributed by atoms with Crippen LogP contribution < -0.4 is 11.1 Å². The molecule has 1 fully saturated rings. The average Bonchev–Trinajstić information content (AvgIpc) is 2.95. The second-order valence-corrected chi connectivity index (χ2v) is 5.77. The van der Waals surface area contributed by atoms with E-state index in [1.165, 1.54) is 0 Å². The van der Waals surface area contributed by atoms with Crippen LogP contribution in [-0.4, -0.2) is 31.3 Å². The summed E-state index contributed by atoms with van der Waals surface area (Å²) in [5, 5.41) is 3.29. The van der Waals surface area contributed by atoms with Gasteiger partial charge in [-0.2, -0.15) is 0 Å². The van der Waals surface area contributed by atoms with Gasteiger partial charge in [0.15, 0.2) is 0 Å². The van der Waals surface area contributed by atoms with Crippen molar-refractivity contribution in [3.05, 3.63) is 22.2 Å². The highest BCUT2D eigenvalue weighted by atomic mass is 35.5. The molecule has 0 aromatic heterocycles. The minimum atomic E-state index is -0.593. The first kappa shape index (κ1) is 16.4. The highest BCUT2D eigenvalue weighted by Crippen LogP contribution is 2.31. The minimum absolute atomic E-state index is 0.0839. The average molecular weight is 333 g/mol. The highest BCUT2D eigenvalue weighted by molar-refractivity contribution is 6.39. The first-order valence-electron chi connectivity index (χ1n) is 6.76. The number of ether oxygens (including phenoxy) is 2. The van der Waals surface area contributed by atoms with Crippen LogP contribution in [-0.2, 0) is 14.3 Å².